The monoisotopic (exact) mass is 792 g/mol. The van der Waals surface area contributed by atoms with Crippen molar-refractivity contribution in [3.8, 4) is 73.2 Å². The normalized spacial score (nSPS) is 11.5. The third kappa shape index (κ3) is 6.14. The summed E-state index contributed by atoms with van der Waals surface area (Å²) in [6, 6.07) is 76.6. The van der Waals surface area contributed by atoms with Gasteiger partial charge in [-0.1, -0.05) is 158 Å². The first kappa shape index (κ1) is 35.5. The van der Waals surface area contributed by atoms with Crippen LogP contribution in [0.5, 0.6) is 0 Å². The van der Waals surface area contributed by atoms with Gasteiger partial charge in [0.15, 0.2) is 17.5 Å². The molecule has 12 aromatic rings. The van der Waals surface area contributed by atoms with Gasteiger partial charge in [0.1, 0.15) is 11.2 Å². The second kappa shape index (κ2) is 14.7. The minimum absolute atomic E-state index is 0.590. The molecule has 0 amide bonds. The van der Waals surface area contributed by atoms with Crippen LogP contribution >= 0.6 is 0 Å². The molecule has 3 heterocycles. The summed E-state index contributed by atoms with van der Waals surface area (Å²) in [5.41, 5.74) is 14.7. The highest BCUT2D eigenvalue weighted by Crippen LogP contribution is 2.41. The number of furan rings is 1. The van der Waals surface area contributed by atoms with Crippen LogP contribution in [-0.4, -0.2) is 19.5 Å². The van der Waals surface area contributed by atoms with E-state index < -0.39 is 0 Å². The summed E-state index contributed by atoms with van der Waals surface area (Å²) in [7, 11) is 0. The van der Waals surface area contributed by atoms with E-state index in [-0.39, 0.29) is 0 Å². The Morgan fingerprint density at radius 3 is 1.47 bits per heavy atom. The Bertz CT molecular complexity index is 3500. The molecular formula is C57H36N4O. The maximum Gasteiger partial charge on any atom is 0.164 e. The largest absolute Gasteiger partial charge is 0.456 e. The van der Waals surface area contributed by atoms with E-state index in [9.17, 15) is 0 Å². The molecule has 0 fully saturated rings. The van der Waals surface area contributed by atoms with Crippen LogP contribution in [0.2, 0.25) is 0 Å². The first-order valence-electron chi connectivity index (χ1n) is 20.8. The zero-order valence-electron chi connectivity index (χ0n) is 33.5. The van der Waals surface area contributed by atoms with Gasteiger partial charge in [-0.3, -0.25) is 0 Å². The molecule has 12 rings (SSSR count). The van der Waals surface area contributed by atoms with Crippen molar-refractivity contribution in [2.24, 2.45) is 0 Å². The van der Waals surface area contributed by atoms with Crippen LogP contribution in [-0.2, 0) is 0 Å². The molecule has 0 aliphatic carbocycles. The van der Waals surface area contributed by atoms with Crippen LogP contribution in [0.3, 0.4) is 0 Å². The highest BCUT2D eigenvalue weighted by atomic mass is 16.3. The summed E-state index contributed by atoms with van der Waals surface area (Å²) in [6.45, 7) is 0. The van der Waals surface area contributed by atoms with Gasteiger partial charge in [-0.05, 0) is 94.0 Å². The molecule has 9 aromatic carbocycles. The number of rotatable bonds is 7. The summed E-state index contributed by atoms with van der Waals surface area (Å²) < 4.78 is 8.93. The smallest absolute Gasteiger partial charge is 0.164 e. The molecule has 0 bridgehead atoms. The van der Waals surface area contributed by atoms with Gasteiger partial charge in [0, 0.05) is 43.9 Å². The quantitative estimate of drug-likeness (QED) is 0.161. The average Bonchev–Trinajstić information content (AvgIpc) is 3.90. The second-order valence-corrected chi connectivity index (χ2v) is 15.6. The molecule has 0 radical (unpaired) electrons. The lowest BCUT2D eigenvalue weighted by Gasteiger charge is -2.12. The fourth-order valence-corrected chi connectivity index (χ4v) is 8.89. The lowest BCUT2D eigenvalue weighted by atomic mass is 9.93. The summed E-state index contributed by atoms with van der Waals surface area (Å²) in [4.78, 5) is 15.1. The molecule has 290 valence electrons. The molecule has 3 aromatic heterocycles. The predicted molar refractivity (Wildman–Crippen MR) is 254 cm³/mol. The van der Waals surface area contributed by atoms with Gasteiger partial charge in [-0.15, -0.1) is 0 Å². The maximum absolute atomic E-state index is 6.56. The molecule has 0 saturated carbocycles. The molecular weight excluding hydrogens is 757 g/mol. The van der Waals surface area contributed by atoms with E-state index in [1.807, 2.05) is 72.8 Å². The van der Waals surface area contributed by atoms with E-state index in [1.54, 1.807) is 0 Å². The van der Waals surface area contributed by atoms with Gasteiger partial charge in [0.05, 0.1) is 11.0 Å². The molecule has 0 unspecified atom stereocenters. The predicted octanol–water partition coefficient (Wildman–Crippen LogP) is 14.9. The van der Waals surface area contributed by atoms with Crippen LogP contribution in [0.15, 0.2) is 223 Å². The molecule has 0 aliphatic heterocycles. The summed E-state index contributed by atoms with van der Waals surface area (Å²) in [6.07, 6.45) is 0. The average molecular weight is 793 g/mol. The number of nitrogens with zero attached hydrogens (tertiary/aromatic N) is 4. The zero-order valence-corrected chi connectivity index (χ0v) is 33.5. The van der Waals surface area contributed by atoms with Crippen LogP contribution < -0.4 is 0 Å². The van der Waals surface area contributed by atoms with Crippen LogP contribution in [0.4, 0.5) is 0 Å². The van der Waals surface area contributed by atoms with Gasteiger partial charge in [0.2, 0.25) is 0 Å². The fraction of sp³-hybridized carbons (Fsp3) is 0. The summed E-state index contributed by atoms with van der Waals surface area (Å²) >= 11 is 0. The highest BCUT2D eigenvalue weighted by molar-refractivity contribution is 6.14. The fourth-order valence-electron chi connectivity index (χ4n) is 8.89. The Kier molecular flexibility index (Phi) is 8.42. The molecule has 0 saturated heterocycles. The van der Waals surface area contributed by atoms with Crippen molar-refractivity contribution in [2.75, 3.05) is 0 Å². The van der Waals surface area contributed by atoms with E-state index in [2.05, 4.69) is 150 Å². The van der Waals surface area contributed by atoms with Crippen LogP contribution in [0, 0.1) is 0 Å². The minimum Gasteiger partial charge on any atom is -0.456 e. The first-order valence-corrected chi connectivity index (χ1v) is 20.8. The molecule has 5 heteroatoms. The highest BCUT2D eigenvalue weighted by Gasteiger charge is 2.20. The van der Waals surface area contributed by atoms with Crippen molar-refractivity contribution < 1.29 is 4.42 Å². The van der Waals surface area contributed by atoms with Crippen molar-refractivity contribution >= 4 is 43.7 Å². The van der Waals surface area contributed by atoms with Crippen molar-refractivity contribution in [1.29, 1.82) is 0 Å². The molecule has 0 atom stereocenters. The molecule has 0 aliphatic rings. The topological polar surface area (TPSA) is 56.7 Å². The van der Waals surface area contributed by atoms with E-state index in [0.717, 1.165) is 55.3 Å². The Hall–Kier alpha value is -8.41. The lowest BCUT2D eigenvalue weighted by molar-refractivity contribution is 0.669. The van der Waals surface area contributed by atoms with Gasteiger partial charge >= 0.3 is 0 Å². The van der Waals surface area contributed by atoms with Gasteiger partial charge in [0.25, 0.3) is 0 Å². The van der Waals surface area contributed by atoms with Crippen LogP contribution in [0.25, 0.3) is 117 Å². The van der Waals surface area contributed by atoms with E-state index in [0.29, 0.717) is 17.5 Å². The number of hydrogen-bond acceptors (Lipinski definition) is 4. The van der Waals surface area contributed by atoms with Crippen molar-refractivity contribution in [3.05, 3.63) is 218 Å². The van der Waals surface area contributed by atoms with Gasteiger partial charge in [-0.2, -0.15) is 0 Å². The number of hydrogen-bond donors (Lipinski definition) is 0. The lowest BCUT2D eigenvalue weighted by Crippen LogP contribution is -2.00. The van der Waals surface area contributed by atoms with Gasteiger partial charge in [-0.25, -0.2) is 15.0 Å². The van der Waals surface area contributed by atoms with Crippen molar-refractivity contribution in [3.63, 3.8) is 0 Å². The standard InChI is InChI=1S/C57H36N4O/c1-5-16-37(17-6-1)42-32-43(38-18-7-2-8-19-38)34-44(33-42)41-28-30-51-48(35-41)46-24-13-14-26-50(46)61(51)45-29-31-52-49(36-45)54-47(25-15-27-53(54)62-52)57-59-55(39-20-9-3-10-21-39)58-56(60-57)40-22-11-4-12-23-40/h1-36H. The molecule has 5 nitrogen and oxygen atoms in total. The molecule has 0 N–H and O–H groups in total. The Labute approximate surface area is 357 Å². The third-order valence-corrected chi connectivity index (χ3v) is 11.8. The summed E-state index contributed by atoms with van der Waals surface area (Å²) in [5, 5.41) is 4.33. The SMILES string of the molecule is c1ccc(-c2cc(-c3ccccc3)cc(-c3ccc4c(c3)c3ccccc3n4-c3ccc4oc5cccc(-c6nc(-c7ccccc7)nc(-c7ccccc7)n6)c5c4c3)c2)cc1. The zero-order chi connectivity index (χ0) is 41.0. The second-order valence-electron chi connectivity index (χ2n) is 15.6. The Morgan fingerprint density at radius 1 is 0.306 bits per heavy atom. The Balaban J connectivity index is 1.03. The van der Waals surface area contributed by atoms with E-state index >= 15 is 0 Å². The number of para-hydroxylation sites is 1. The van der Waals surface area contributed by atoms with Crippen molar-refractivity contribution in [1.82, 2.24) is 19.5 Å². The first-order chi connectivity index (χ1) is 30.7. The summed E-state index contributed by atoms with van der Waals surface area (Å²) in [5.74, 6) is 1.83. The number of fused-ring (bicyclic) bond motifs is 6. The van der Waals surface area contributed by atoms with Gasteiger partial charge < -0.3 is 8.98 Å². The number of benzene rings is 9. The van der Waals surface area contributed by atoms with Crippen LogP contribution in [0.1, 0.15) is 0 Å². The minimum atomic E-state index is 0.590. The Morgan fingerprint density at radius 2 is 0.839 bits per heavy atom. The van der Waals surface area contributed by atoms with Crippen molar-refractivity contribution in [2.45, 2.75) is 0 Å². The maximum atomic E-state index is 6.56. The van der Waals surface area contributed by atoms with E-state index in [1.165, 1.54) is 44.2 Å². The molecule has 0 spiro atoms. The third-order valence-electron chi connectivity index (χ3n) is 11.8. The number of aromatic nitrogens is 4. The molecule has 62 heavy (non-hydrogen) atoms. The van der Waals surface area contributed by atoms with E-state index in [4.69, 9.17) is 19.4 Å².